The fourth-order valence-electron chi connectivity index (χ4n) is 3.40. The molecule has 0 aliphatic heterocycles. The number of esters is 1. The second-order valence-electron chi connectivity index (χ2n) is 6.07. The topological polar surface area (TPSA) is 43.4 Å². The number of ketones is 1. The molecule has 0 fully saturated rings. The van der Waals surface area contributed by atoms with Crippen molar-refractivity contribution in [1.82, 2.24) is 0 Å². The first-order valence-corrected chi connectivity index (χ1v) is 10.4. The summed E-state index contributed by atoms with van der Waals surface area (Å²) < 4.78 is 5.08. The second kappa shape index (κ2) is 8.20. The third-order valence-electron chi connectivity index (χ3n) is 4.48. The number of methoxy groups -OCH3 is 1. The van der Waals surface area contributed by atoms with E-state index >= 15 is 0 Å². The predicted octanol–water partition coefficient (Wildman–Crippen LogP) is 2.91. The van der Waals surface area contributed by atoms with E-state index in [0.29, 0.717) is 0 Å². The Kier molecular flexibility index (Phi) is 5.73. The molecular formula is C23H21O3P. The highest BCUT2D eigenvalue weighted by Gasteiger charge is 2.35. The maximum Gasteiger partial charge on any atom is 0.342 e. The summed E-state index contributed by atoms with van der Waals surface area (Å²) >= 11 is 0. The molecule has 0 heterocycles. The van der Waals surface area contributed by atoms with Crippen LogP contribution in [0.5, 0.6) is 0 Å². The van der Waals surface area contributed by atoms with E-state index in [9.17, 15) is 9.59 Å². The van der Waals surface area contributed by atoms with E-state index in [1.807, 2.05) is 91.0 Å². The molecule has 3 rings (SSSR count). The SMILES string of the molecule is COC(=O)C(C(C)=O)=P(c1ccccc1)(c1ccccc1)c1ccccc1. The third kappa shape index (κ3) is 3.39. The van der Waals surface area contributed by atoms with Gasteiger partial charge in [-0.2, -0.15) is 0 Å². The molecule has 3 nitrogen and oxygen atoms in total. The van der Waals surface area contributed by atoms with Gasteiger partial charge in [-0.15, -0.1) is 0 Å². The van der Waals surface area contributed by atoms with Crippen LogP contribution in [0.4, 0.5) is 0 Å². The van der Waals surface area contributed by atoms with E-state index in [1.54, 1.807) is 0 Å². The van der Waals surface area contributed by atoms with Gasteiger partial charge in [0.25, 0.3) is 0 Å². The number of ether oxygens (including phenoxy) is 1. The largest absolute Gasteiger partial charge is 0.465 e. The van der Waals surface area contributed by atoms with E-state index in [-0.39, 0.29) is 11.1 Å². The van der Waals surface area contributed by atoms with Crippen LogP contribution in [-0.4, -0.2) is 24.2 Å². The quantitative estimate of drug-likeness (QED) is 0.391. The Morgan fingerprint density at radius 2 is 1.00 bits per heavy atom. The van der Waals surface area contributed by atoms with Crippen LogP contribution in [0.25, 0.3) is 0 Å². The molecule has 4 heteroatoms. The Hall–Kier alpha value is -2.90. The zero-order valence-corrected chi connectivity index (χ0v) is 16.2. The molecule has 136 valence electrons. The summed E-state index contributed by atoms with van der Waals surface area (Å²) in [7, 11) is 1.32. The van der Waals surface area contributed by atoms with Crippen LogP contribution in [-0.2, 0) is 14.3 Å². The first-order valence-electron chi connectivity index (χ1n) is 8.65. The summed E-state index contributed by atoms with van der Waals surface area (Å²) in [4.78, 5) is 25.7. The van der Waals surface area contributed by atoms with Crippen molar-refractivity contribution in [3.63, 3.8) is 0 Å². The first kappa shape index (κ1) is 18.9. The van der Waals surface area contributed by atoms with Gasteiger partial charge in [0.15, 0.2) is 5.78 Å². The standard InChI is InChI=1S/C23H21O3P/c1-18(24)22(23(25)26-2)27(19-12-6-3-7-13-19,20-14-8-4-9-15-20)21-16-10-5-11-17-21/h3-17H,1-2H3. The van der Waals surface area contributed by atoms with Gasteiger partial charge in [-0.1, -0.05) is 91.0 Å². The number of hydrogen-bond acceptors (Lipinski definition) is 3. The van der Waals surface area contributed by atoms with Crippen molar-refractivity contribution >= 4 is 39.8 Å². The molecule has 27 heavy (non-hydrogen) atoms. The molecule has 0 saturated carbocycles. The fraction of sp³-hybridized carbons (Fsp3) is 0.0870. The lowest BCUT2D eigenvalue weighted by Crippen LogP contribution is -2.37. The molecule has 0 aliphatic rings. The van der Waals surface area contributed by atoms with Gasteiger partial charge in [-0.25, -0.2) is 4.79 Å². The zero-order valence-electron chi connectivity index (χ0n) is 15.3. The Morgan fingerprint density at radius 1 is 0.667 bits per heavy atom. The summed E-state index contributed by atoms with van der Waals surface area (Å²) in [6.45, 7) is -1.26. The van der Waals surface area contributed by atoms with Crippen LogP contribution in [0.2, 0.25) is 0 Å². The molecule has 0 bridgehead atoms. The molecule has 3 aromatic carbocycles. The van der Waals surface area contributed by atoms with Crippen LogP contribution in [0.15, 0.2) is 91.0 Å². The van der Waals surface area contributed by atoms with Crippen LogP contribution in [0, 0.1) is 0 Å². The fourth-order valence-corrected chi connectivity index (χ4v) is 7.77. The molecule has 0 saturated heterocycles. The van der Waals surface area contributed by atoms with Crippen LogP contribution in [0.3, 0.4) is 0 Å². The minimum Gasteiger partial charge on any atom is -0.465 e. The summed E-state index contributed by atoms with van der Waals surface area (Å²) in [6, 6.07) is 29.3. The van der Waals surface area contributed by atoms with Gasteiger partial charge in [0.1, 0.15) is 5.29 Å². The molecule has 0 amide bonds. The van der Waals surface area contributed by atoms with Crippen molar-refractivity contribution in [2.45, 2.75) is 6.92 Å². The summed E-state index contributed by atoms with van der Waals surface area (Å²) in [5, 5.41) is 3.03. The second-order valence-corrected chi connectivity index (χ2v) is 9.41. The highest BCUT2D eigenvalue weighted by atomic mass is 31.2. The van der Waals surface area contributed by atoms with Crippen molar-refractivity contribution in [2.24, 2.45) is 0 Å². The number of carbonyl (C=O) groups is 2. The van der Waals surface area contributed by atoms with E-state index in [2.05, 4.69) is 0 Å². The summed E-state index contributed by atoms with van der Waals surface area (Å²) in [5.74, 6) is -0.848. The van der Waals surface area contributed by atoms with Crippen LogP contribution >= 0.6 is 6.89 Å². The number of rotatable bonds is 5. The van der Waals surface area contributed by atoms with Gasteiger partial charge < -0.3 is 4.74 Å². The van der Waals surface area contributed by atoms with Crippen molar-refractivity contribution in [3.8, 4) is 0 Å². The highest BCUT2D eigenvalue weighted by molar-refractivity contribution is 7.97. The molecule has 0 radical (unpaired) electrons. The van der Waals surface area contributed by atoms with Gasteiger partial charge in [0.2, 0.25) is 0 Å². The van der Waals surface area contributed by atoms with E-state index in [0.717, 1.165) is 15.9 Å². The van der Waals surface area contributed by atoms with Crippen molar-refractivity contribution in [1.29, 1.82) is 0 Å². The lowest BCUT2D eigenvalue weighted by molar-refractivity contribution is -0.133. The van der Waals surface area contributed by atoms with Gasteiger partial charge in [-0.05, 0) is 29.7 Å². The van der Waals surface area contributed by atoms with Crippen molar-refractivity contribution in [2.75, 3.05) is 7.11 Å². The summed E-state index contributed by atoms with van der Waals surface area (Å²) in [5.41, 5.74) is 0. The first-order chi connectivity index (χ1) is 13.1. The third-order valence-corrected chi connectivity index (χ3v) is 8.86. The Labute approximate surface area is 159 Å². The normalized spacial score (nSPS) is 10.9. The smallest absolute Gasteiger partial charge is 0.342 e. The molecule has 0 unspecified atom stereocenters. The maximum atomic E-state index is 12.9. The number of Topliss-reactive ketones (excluding diaryl/α,β-unsaturated/α-hetero) is 1. The van der Waals surface area contributed by atoms with Gasteiger partial charge >= 0.3 is 5.97 Å². The van der Waals surface area contributed by atoms with E-state index in [1.165, 1.54) is 14.0 Å². The molecule has 0 atom stereocenters. The number of benzene rings is 3. The van der Waals surface area contributed by atoms with Crippen LogP contribution in [0.1, 0.15) is 6.92 Å². The monoisotopic (exact) mass is 376 g/mol. The van der Waals surface area contributed by atoms with Crippen LogP contribution < -0.4 is 15.9 Å². The average molecular weight is 376 g/mol. The average Bonchev–Trinajstić information content (AvgIpc) is 2.73. The molecular weight excluding hydrogens is 355 g/mol. The minimum absolute atomic E-state index is 0.202. The predicted molar refractivity (Wildman–Crippen MR) is 113 cm³/mol. The summed E-state index contributed by atoms with van der Waals surface area (Å²) in [6.07, 6.45) is 0. The Morgan fingerprint density at radius 3 is 1.26 bits per heavy atom. The minimum atomic E-state index is -2.70. The van der Waals surface area contributed by atoms with Gasteiger partial charge in [0.05, 0.1) is 7.11 Å². The molecule has 0 aromatic heterocycles. The molecule has 0 N–H and O–H groups in total. The lowest BCUT2D eigenvalue weighted by atomic mass is 10.3. The van der Waals surface area contributed by atoms with Crippen molar-refractivity contribution < 1.29 is 14.3 Å². The molecule has 3 aromatic rings. The lowest BCUT2D eigenvalue weighted by Gasteiger charge is -2.31. The maximum absolute atomic E-state index is 12.9. The van der Waals surface area contributed by atoms with Gasteiger partial charge in [0, 0.05) is 0 Å². The Balaban J connectivity index is 2.63. The van der Waals surface area contributed by atoms with Gasteiger partial charge in [-0.3, -0.25) is 4.79 Å². The highest BCUT2D eigenvalue weighted by Crippen LogP contribution is 2.46. The molecule has 0 spiro atoms. The molecule has 0 aliphatic carbocycles. The zero-order chi connectivity index (χ0) is 19.3. The number of hydrogen-bond donors (Lipinski definition) is 0. The van der Waals surface area contributed by atoms with E-state index in [4.69, 9.17) is 4.74 Å². The Bertz CT molecular complexity index is 890. The van der Waals surface area contributed by atoms with Crippen molar-refractivity contribution in [3.05, 3.63) is 91.0 Å². The number of carbonyl (C=O) groups excluding carboxylic acids is 2. The van der Waals surface area contributed by atoms with E-state index < -0.39 is 12.9 Å².